The molecule has 8 nitrogen and oxygen atoms in total. The summed E-state index contributed by atoms with van der Waals surface area (Å²) in [6, 6.07) is 15.2. The van der Waals surface area contributed by atoms with Crippen LogP contribution in [0.3, 0.4) is 0 Å². The maximum absolute atomic E-state index is 12.6. The van der Waals surface area contributed by atoms with Crippen LogP contribution in [0.5, 0.6) is 11.5 Å². The van der Waals surface area contributed by atoms with Gasteiger partial charge < -0.3 is 25.0 Å². The number of methoxy groups -OCH3 is 2. The maximum Gasteiger partial charge on any atom is 0.251 e. The largest absolute Gasteiger partial charge is 0.493 e. The first-order valence-electron chi connectivity index (χ1n) is 12.1. The zero-order valence-corrected chi connectivity index (χ0v) is 20.4. The fourth-order valence-corrected chi connectivity index (χ4v) is 4.32. The number of ether oxygens (including phenoxy) is 2. The summed E-state index contributed by atoms with van der Waals surface area (Å²) in [7, 11) is 3.27. The SMILES string of the molecule is COc1cccc(CCNc2nccc(-c3cccc(C(=O)NCCN4CCCC4)c3)n2)c1OC. The lowest BCUT2D eigenvalue weighted by atomic mass is 10.1. The minimum absolute atomic E-state index is 0.0642. The van der Waals surface area contributed by atoms with Crippen LogP contribution in [0.2, 0.25) is 0 Å². The normalized spacial score (nSPS) is 13.4. The molecule has 184 valence electrons. The molecule has 2 N–H and O–H groups in total. The Morgan fingerprint density at radius 1 is 1.03 bits per heavy atom. The number of anilines is 1. The summed E-state index contributed by atoms with van der Waals surface area (Å²) in [6.07, 6.45) is 4.95. The van der Waals surface area contributed by atoms with Gasteiger partial charge in [-0.1, -0.05) is 24.3 Å². The van der Waals surface area contributed by atoms with Crippen LogP contribution in [0, 0.1) is 0 Å². The fourth-order valence-electron chi connectivity index (χ4n) is 4.32. The molecule has 3 aromatic rings. The summed E-state index contributed by atoms with van der Waals surface area (Å²) in [5.41, 5.74) is 3.30. The highest BCUT2D eigenvalue weighted by Crippen LogP contribution is 2.31. The predicted molar refractivity (Wildman–Crippen MR) is 137 cm³/mol. The summed E-state index contributed by atoms with van der Waals surface area (Å²) in [5, 5.41) is 6.31. The lowest BCUT2D eigenvalue weighted by molar-refractivity contribution is 0.0950. The number of nitrogens with zero attached hydrogens (tertiary/aromatic N) is 3. The average molecular weight is 476 g/mol. The van der Waals surface area contributed by atoms with E-state index in [9.17, 15) is 4.79 Å². The van der Waals surface area contributed by atoms with Crippen molar-refractivity contribution >= 4 is 11.9 Å². The summed E-state index contributed by atoms with van der Waals surface area (Å²) < 4.78 is 10.9. The van der Waals surface area contributed by atoms with Gasteiger partial charge in [0, 0.05) is 37.0 Å². The molecule has 0 aliphatic carbocycles. The lowest BCUT2D eigenvalue weighted by Gasteiger charge is -2.15. The minimum atomic E-state index is -0.0642. The quantitative estimate of drug-likeness (QED) is 0.438. The van der Waals surface area contributed by atoms with Crippen LogP contribution in [0.25, 0.3) is 11.3 Å². The number of hydrogen-bond acceptors (Lipinski definition) is 7. The van der Waals surface area contributed by atoms with Gasteiger partial charge in [0.1, 0.15) is 0 Å². The van der Waals surface area contributed by atoms with E-state index in [2.05, 4.69) is 25.5 Å². The summed E-state index contributed by atoms with van der Waals surface area (Å²) in [6.45, 7) is 4.44. The molecule has 35 heavy (non-hydrogen) atoms. The molecule has 1 amide bonds. The van der Waals surface area contributed by atoms with Crippen molar-refractivity contribution in [2.45, 2.75) is 19.3 Å². The number of carbonyl (C=O) groups is 1. The van der Waals surface area contributed by atoms with Crippen LogP contribution in [-0.2, 0) is 6.42 Å². The maximum atomic E-state index is 12.6. The van der Waals surface area contributed by atoms with E-state index < -0.39 is 0 Å². The van der Waals surface area contributed by atoms with Gasteiger partial charge in [0.25, 0.3) is 5.91 Å². The molecular weight excluding hydrogens is 442 g/mol. The Morgan fingerprint density at radius 3 is 2.66 bits per heavy atom. The van der Waals surface area contributed by atoms with Gasteiger partial charge in [-0.05, 0) is 62.2 Å². The van der Waals surface area contributed by atoms with Crippen LogP contribution >= 0.6 is 0 Å². The van der Waals surface area contributed by atoms with Crippen molar-refractivity contribution in [1.82, 2.24) is 20.2 Å². The molecule has 8 heteroatoms. The minimum Gasteiger partial charge on any atom is -0.493 e. The van der Waals surface area contributed by atoms with Crippen molar-refractivity contribution < 1.29 is 14.3 Å². The summed E-state index contributed by atoms with van der Waals surface area (Å²) in [5.74, 6) is 1.92. The molecule has 1 saturated heterocycles. The number of likely N-dealkylation sites (tertiary alicyclic amines) is 1. The monoisotopic (exact) mass is 475 g/mol. The molecule has 1 fully saturated rings. The third-order valence-electron chi connectivity index (χ3n) is 6.15. The van der Waals surface area contributed by atoms with Gasteiger partial charge in [0.2, 0.25) is 5.95 Å². The van der Waals surface area contributed by atoms with E-state index in [1.54, 1.807) is 20.4 Å². The van der Waals surface area contributed by atoms with E-state index in [1.165, 1.54) is 12.8 Å². The van der Waals surface area contributed by atoms with E-state index in [1.807, 2.05) is 48.5 Å². The standard InChI is InChI=1S/C27H33N5O3/c1-34-24-10-6-7-20(25(24)35-2)11-13-29-27-30-14-12-23(31-27)21-8-5-9-22(19-21)26(33)28-15-18-32-16-3-4-17-32/h5-10,12,14,19H,3-4,11,13,15-18H2,1-2H3,(H,28,33)(H,29,30,31). The fraction of sp³-hybridized carbons (Fsp3) is 0.370. The summed E-state index contributed by atoms with van der Waals surface area (Å²) >= 11 is 0. The first-order chi connectivity index (χ1) is 17.2. The lowest BCUT2D eigenvalue weighted by Crippen LogP contribution is -2.33. The average Bonchev–Trinajstić information content (AvgIpc) is 3.42. The Morgan fingerprint density at radius 2 is 1.86 bits per heavy atom. The number of hydrogen-bond donors (Lipinski definition) is 2. The smallest absolute Gasteiger partial charge is 0.251 e. The van der Waals surface area contributed by atoms with E-state index >= 15 is 0 Å². The topological polar surface area (TPSA) is 88.6 Å². The molecule has 0 bridgehead atoms. The molecule has 1 aliphatic rings. The van der Waals surface area contributed by atoms with Gasteiger partial charge in [-0.2, -0.15) is 0 Å². The second kappa shape index (κ2) is 12.2. The number of rotatable bonds is 11. The first-order valence-corrected chi connectivity index (χ1v) is 12.1. The number of carbonyl (C=O) groups excluding carboxylic acids is 1. The van der Waals surface area contributed by atoms with Gasteiger partial charge in [-0.15, -0.1) is 0 Å². The molecule has 4 rings (SSSR count). The molecule has 2 aromatic carbocycles. The Kier molecular flexibility index (Phi) is 8.51. The number of aromatic nitrogens is 2. The van der Waals surface area contributed by atoms with E-state index in [0.717, 1.165) is 48.6 Å². The van der Waals surface area contributed by atoms with Gasteiger partial charge in [0.15, 0.2) is 11.5 Å². The van der Waals surface area contributed by atoms with Crippen molar-refractivity contribution in [2.24, 2.45) is 0 Å². The third-order valence-corrected chi connectivity index (χ3v) is 6.15. The van der Waals surface area contributed by atoms with Gasteiger partial charge in [0.05, 0.1) is 19.9 Å². The number of amides is 1. The van der Waals surface area contributed by atoms with Gasteiger partial charge in [-0.3, -0.25) is 4.79 Å². The number of para-hydroxylation sites is 1. The van der Waals surface area contributed by atoms with Crippen LogP contribution < -0.4 is 20.1 Å². The molecular formula is C27H33N5O3. The highest BCUT2D eigenvalue weighted by Gasteiger charge is 2.13. The highest BCUT2D eigenvalue weighted by molar-refractivity contribution is 5.95. The van der Waals surface area contributed by atoms with Crippen molar-refractivity contribution in [1.29, 1.82) is 0 Å². The third kappa shape index (κ3) is 6.48. The molecule has 0 saturated carbocycles. The van der Waals surface area contributed by atoms with E-state index in [4.69, 9.17) is 9.47 Å². The van der Waals surface area contributed by atoms with Crippen molar-refractivity contribution in [3.63, 3.8) is 0 Å². The molecule has 2 heterocycles. The van der Waals surface area contributed by atoms with Crippen molar-refractivity contribution in [3.8, 4) is 22.8 Å². The van der Waals surface area contributed by atoms with Crippen molar-refractivity contribution in [2.75, 3.05) is 52.3 Å². The summed E-state index contributed by atoms with van der Waals surface area (Å²) in [4.78, 5) is 24.0. The number of benzene rings is 2. The second-order valence-corrected chi connectivity index (χ2v) is 8.48. The molecule has 0 radical (unpaired) electrons. The van der Waals surface area contributed by atoms with Gasteiger partial charge >= 0.3 is 0 Å². The van der Waals surface area contributed by atoms with E-state index in [0.29, 0.717) is 30.4 Å². The molecule has 1 aromatic heterocycles. The Bertz CT molecular complexity index is 1130. The molecule has 0 unspecified atom stereocenters. The van der Waals surface area contributed by atoms with Crippen LogP contribution in [0.4, 0.5) is 5.95 Å². The van der Waals surface area contributed by atoms with Crippen LogP contribution in [-0.4, -0.2) is 67.7 Å². The predicted octanol–water partition coefficient (Wildman–Crippen LogP) is 3.64. The van der Waals surface area contributed by atoms with Gasteiger partial charge in [-0.25, -0.2) is 9.97 Å². The zero-order valence-electron chi connectivity index (χ0n) is 20.4. The zero-order chi connectivity index (χ0) is 24.5. The van der Waals surface area contributed by atoms with E-state index in [-0.39, 0.29) is 5.91 Å². The molecule has 1 aliphatic heterocycles. The number of nitrogens with one attached hydrogen (secondary N) is 2. The highest BCUT2D eigenvalue weighted by atomic mass is 16.5. The first kappa shape index (κ1) is 24.5. The Hall–Kier alpha value is -3.65. The van der Waals surface area contributed by atoms with Crippen LogP contribution in [0.15, 0.2) is 54.7 Å². The van der Waals surface area contributed by atoms with Crippen molar-refractivity contribution in [3.05, 3.63) is 65.9 Å². The molecule has 0 spiro atoms. The molecule has 0 atom stereocenters. The Labute approximate surface area is 206 Å². The van der Waals surface area contributed by atoms with Crippen LogP contribution in [0.1, 0.15) is 28.8 Å². The Balaban J connectivity index is 1.36. The second-order valence-electron chi connectivity index (χ2n) is 8.48.